The molecule has 16 heavy (non-hydrogen) atoms. The van der Waals surface area contributed by atoms with Crippen molar-refractivity contribution in [2.24, 2.45) is 0 Å². The molecule has 1 aliphatic heterocycles. The summed E-state index contributed by atoms with van der Waals surface area (Å²) in [5.74, 6) is 0. The molecule has 0 radical (unpaired) electrons. The van der Waals surface area contributed by atoms with Gasteiger partial charge in [0.2, 0.25) is 0 Å². The number of hydrogen-bond donors (Lipinski definition) is 0. The fourth-order valence-corrected chi connectivity index (χ4v) is 2.59. The highest BCUT2D eigenvalue weighted by atomic mass is 79.9. The van der Waals surface area contributed by atoms with E-state index in [4.69, 9.17) is 4.74 Å². The van der Waals surface area contributed by atoms with Crippen molar-refractivity contribution in [3.05, 3.63) is 34.3 Å². The second-order valence-corrected chi connectivity index (χ2v) is 5.21. The lowest BCUT2D eigenvalue weighted by Crippen LogP contribution is -2.23. The molecule has 1 aromatic rings. The molecule has 1 nitrogen and oxygen atoms in total. The molecule has 0 unspecified atom stereocenters. The second kappa shape index (κ2) is 5.28. The average Bonchev–Trinajstić information content (AvgIpc) is 2.24. The van der Waals surface area contributed by atoms with Crippen LogP contribution in [0.2, 0.25) is 0 Å². The van der Waals surface area contributed by atoms with E-state index >= 15 is 0 Å². The molecule has 0 atom stereocenters. The Morgan fingerprint density at radius 1 is 1.19 bits per heavy atom. The third-order valence-corrected chi connectivity index (χ3v) is 3.56. The summed E-state index contributed by atoms with van der Waals surface area (Å²) < 4.78 is 21.1. The monoisotopic (exact) mass is 286 g/mol. The van der Waals surface area contributed by atoms with Crippen LogP contribution in [0.5, 0.6) is 0 Å². The molecule has 88 valence electrons. The van der Waals surface area contributed by atoms with E-state index in [2.05, 4.69) is 15.9 Å². The topological polar surface area (TPSA) is 9.23 Å². The smallest absolute Gasteiger partial charge is 0.136 e. The van der Waals surface area contributed by atoms with Crippen molar-refractivity contribution < 1.29 is 9.13 Å². The zero-order valence-electron chi connectivity index (χ0n) is 9.22. The highest BCUT2D eigenvalue weighted by Gasteiger charge is 2.31. The summed E-state index contributed by atoms with van der Waals surface area (Å²) in [5, 5.41) is 0. The number of rotatable bonds is 1. The molecule has 1 heterocycles. The fourth-order valence-electron chi connectivity index (χ4n) is 2.19. The van der Waals surface area contributed by atoms with Crippen LogP contribution in [0.4, 0.5) is 4.39 Å². The molecule has 1 fully saturated rings. The van der Waals surface area contributed by atoms with Crippen molar-refractivity contribution in [2.75, 3.05) is 13.2 Å². The van der Waals surface area contributed by atoms with Crippen LogP contribution in [-0.4, -0.2) is 13.2 Å². The summed E-state index contributed by atoms with van der Waals surface area (Å²) in [6, 6.07) is 7.60. The summed E-state index contributed by atoms with van der Waals surface area (Å²) in [7, 11) is 0. The van der Waals surface area contributed by atoms with E-state index in [1.54, 1.807) is 0 Å². The molecular weight excluding hydrogens is 271 g/mol. The molecule has 0 aromatic heterocycles. The van der Waals surface area contributed by atoms with Crippen molar-refractivity contribution in [2.45, 2.75) is 31.4 Å². The lowest BCUT2D eigenvalue weighted by molar-refractivity contribution is 0.0493. The van der Waals surface area contributed by atoms with Crippen molar-refractivity contribution >= 4 is 15.9 Å². The summed E-state index contributed by atoms with van der Waals surface area (Å²) in [4.78, 5) is 0. The number of ether oxygens (including phenoxy) is 1. The SMILES string of the molecule is FC1(c2cccc(Br)c2)CCCOCCC1. The number of hydrogen-bond acceptors (Lipinski definition) is 1. The van der Waals surface area contributed by atoms with E-state index in [-0.39, 0.29) is 0 Å². The zero-order chi connectivity index (χ0) is 11.4. The van der Waals surface area contributed by atoms with E-state index in [1.165, 1.54) is 0 Å². The number of alkyl halides is 1. The summed E-state index contributed by atoms with van der Waals surface area (Å²) >= 11 is 3.40. The summed E-state index contributed by atoms with van der Waals surface area (Å²) in [6.45, 7) is 1.36. The first-order chi connectivity index (χ1) is 7.71. The quantitative estimate of drug-likeness (QED) is 0.752. The van der Waals surface area contributed by atoms with E-state index in [0.29, 0.717) is 26.1 Å². The van der Waals surface area contributed by atoms with Crippen molar-refractivity contribution in [1.29, 1.82) is 0 Å². The van der Waals surface area contributed by atoms with Gasteiger partial charge in [-0.05, 0) is 43.4 Å². The van der Waals surface area contributed by atoms with Gasteiger partial charge >= 0.3 is 0 Å². The molecule has 0 amide bonds. The van der Waals surface area contributed by atoms with Crippen LogP contribution in [0, 0.1) is 0 Å². The highest BCUT2D eigenvalue weighted by Crippen LogP contribution is 2.37. The largest absolute Gasteiger partial charge is 0.381 e. The van der Waals surface area contributed by atoms with Crippen molar-refractivity contribution in [3.8, 4) is 0 Å². The van der Waals surface area contributed by atoms with E-state index in [1.807, 2.05) is 24.3 Å². The van der Waals surface area contributed by atoms with Gasteiger partial charge in [0.05, 0.1) is 0 Å². The maximum absolute atomic E-state index is 14.8. The molecule has 1 saturated heterocycles. The van der Waals surface area contributed by atoms with Gasteiger partial charge < -0.3 is 4.74 Å². The van der Waals surface area contributed by atoms with Crippen molar-refractivity contribution in [1.82, 2.24) is 0 Å². The lowest BCUT2D eigenvalue weighted by atomic mass is 9.86. The minimum absolute atomic E-state index is 0.559. The summed E-state index contributed by atoms with van der Waals surface area (Å²) in [6.07, 6.45) is 2.71. The first kappa shape index (κ1) is 12.1. The number of benzene rings is 1. The van der Waals surface area contributed by atoms with E-state index in [0.717, 1.165) is 22.9 Å². The van der Waals surface area contributed by atoms with E-state index < -0.39 is 5.67 Å². The molecule has 0 aliphatic carbocycles. The second-order valence-electron chi connectivity index (χ2n) is 4.30. The van der Waals surface area contributed by atoms with Gasteiger partial charge in [-0.1, -0.05) is 28.1 Å². The minimum Gasteiger partial charge on any atom is -0.381 e. The first-order valence-corrected chi connectivity index (χ1v) is 6.53. The van der Waals surface area contributed by atoms with Gasteiger partial charge in [-0.15, -0.1) is 0 Å². The molecule has 0 N–H and O–H groups in total. The minimum atomic E-state index is -1.17. The van der Waals surface area contributed by atoms with Gasteiger partial charge in [-0.25, -0.2) is 4.39 Å². The maximum Gasteiger partial charge on any atom is 0.136 e. The van der Waals surface area contributed by atoms with Crippen LogP contribution in [0.25, 0.3) is 0 Å². The Hall–Kier alpha value is -0.410. The Morgan fingerprint density at radius 3 is 2.50 bits per heavy atom. The van der Waals surface area contributed by atoms with Gasteiger partial charge in [0.1, 0.15) is 5.67 Å². The first-order valence-electron chi connectivity index (χ1n) is 5.73. The third kappa shape index (κ3) is 2.83. The van der Waals surface area contributed by atoms with Crippen LogP contribution in [-0.2, 0) is 10.4 Å². The molecule has 2 rings (SSSR count). The molecular formula is C13H16BrFO. The van der Waals surface area contributed by atoms with Crippen LogP contribution < -0.4 is 0 Å². The lowest BCUT2D eigenvalue weighted by Gasteiger charge is -2.28. The Balaban J connectivity index is 2.20. The van der Waals surface area contributed by atoms with Crippen molar-refractivity contribution in [3.63, 3.8) is 0 Å². The average molecular weight is 287 g/mol. The fraction of sp³-hybridized carbons (Fsp3) is 0.538. The third-order valence-electron chi connectivity index (χ3n) is 3.07. The van der Waals surface area contributed by atoms with Crippen LogP contribution in [0.15, 0.2) is 28.7 Å². The Labute approximate surface area is 104 Å². The molecule has 0 spiro atoms. The predicted octanol–water partition coefficient (Wildman–Crippen LogP) is 4.20. The maximum atomic E-state index is 14.8. The van der Waals surface area contributed by atoms with E-state index in [9.17, 15) is 4.39 Å². The highest BCUT2D eigenvalue weighted by molar-refractivity contribution is 9.10. The summed E-state index contributed by atoms with van der Waals surface area (Å²) in [5.41, 5.74) is -0.378. The number of halogens is 2. The zero-order valence-corrected chi connectivity index (χ0v) is 10.8. The van der Waals surface area contributed by atoms with Crippen LogP contribution in [0.3, 0.4) is 0 Å². The predicted molar refractivity (Wildman–Crippen MR) is 66.2 cm³/mol. The van der Waals surface area contributed by atoms with Crippen LogP contribution >= 0.6 is 15.9 Å². The molecule has 1 aliphatic rings. The van der Waals surface area contributed by atoms with Crippen LogP contribution in [0.1, 0.15) is 31.2 Å². The standard InChI is InChI=1S/C13H16BrFO/c14-12-5-1-4-11(10-12)13(15)6-2-8-16-9-3-7-13/h1,4-5,10H,2-3,6-9H2. The van der Waals surface area contributed by atoms with Gasteiger partial charge in [-0.3, -0.25) is 0 Å². The molecule has 0 saturated carbocycles. The Bertz CT molecular complexity index is 346. The molecule has 3 heteroatoms. The van der Waals surface area contributed by atoms with Gasteiger partial charge in [-0.2, -0.15) is 0 Å². The normalized spacial score (nSPS) is 21.1. The molecule has 1 aromatic carbocycles. The van der Waals surface area contributed by atoms with Gasteiger partial charge in [0.15, 0.2) is 0 Å². The van der Waals surface area contributed by atoms with Gasteiger partial charge in [0, 0.05) is 17.7 Å². The Morgan fingerprint density at radius 2 is 1.88 bits per heavy atom. The Kier molecular flexibility index (Phi) is 3.98. The van der Waals surface area contributed by atoms with Gasteiger partial charge in [0.25, 0.3) is 0 Å². The molecule has 0 bridgehead atoms.